The first-order valence-corrected chi connectivity index (χ1v) is 4.30. The fourth-order valence-corrected chi connectivity index (χ4v) is 1.01. The Morgan fingerprint density at radius 2 is 2.40 bits per heavy atom. The van der Waals surface area contributed by atoms with Gasteiger partial charge in [-0.2, -0.15) is 0 Å². The third-order valence-corrected chi connectivity index (χ3v) is 1.81. The summed E-state index contributed by atoms with van der Waals surface area (Å²) in [5, 5.41) is 12.5. The normalized spacial score (nSPS) is 10.2. The van der Waals surface area contributed by atoms with E-state index >= 15 is 0 Å². The first-order valence-electron chi connectivity index (χ1n) is 3.92. The maximum absolute atomic E-state index is 13.3. The van der Waals surface area contributed by atoms with E-state index in [4.69, 9.17) is 18.0 Å². The van der Waals surface area contributed by atoms with Crippen molar-refractivity contribution in [1.82, 2.24) is 0 Å². The molecule has 0 amide bonds. The van der Waals surface area contributed by atoms with Crippen LogP contribution in [-0.2, 0) is 4.84 Å². The van der Waals surface area contributed by atoms with Crippen LogP contribution in [0.3, 0.4) is 0 Å². The standard InChI is InChI=1S/C10H7ClFNO2/c1-2-5-15-13-6-7-9(14)4-3-8(11)10(7)12/h1,3-4,6,14H,5H2. The molecule has 0 bridgehead atoms. The van der Waals surface area contributed by atoms with Crippen molar-refractivity contribution < 1.29 is 14.3 Å². The molecule has 0 unspecified atom stereocenters. The van der Waals surface area contributed by atoms with E-state index in [0.717, 1.165) is 6.21 Å². The van der Waals surface area contributed by atoms with Gasteiger partial charge in [0.2, 0.25) is 0 Å². The molecule has 1 aromatic rings. The molecule has 0 aliphatic carbocycles. The van der Waals surface area contributed by atoms with Crippen molar-refractivity contribution in [3.05, 3.63) is 28.5 Å². The van der Waals surface area contributed by atoms with Crippen LogP contribution in [0.4, 0.5) is 4.39 Å². The number of halogens is 2. The summed E-state index contributed by atoms with van der Waals surface area (Å²) in [7, 11) is 0. The molecule has 0 radical (unpaired) electrons. The van der Waals surface area contributed by atoms with Gasteiger partial charge < -0.3 is 9.94 Å². The Balaban J connectivity index is 2.90. The number of benzene rings is 1. The molecule has 15 heavy (non-hydrogen) atoms. The van der Waals surface area contributed by atoms with Gasteiger partial charge in [0.15, 0.2) is 12.4 Å². The number of phenols is 1. The lowest BCUT2D eigenvalue weighted by atomic mass is 10.2. The van der Waals surface area contributed by atoms with Crippen molar-refractivity contribution in [2.24, 2.45) is 5.16 Å². The Morgan fingerprint density at radius 3 is 3.07 bits per heavy atom. The van der Waals surface area contributed by atoms with Gasteiger partial charge in [0.1, 0.15) is 5.75 Å². The van der Waals surface area contributed by atoms with E-state index in [0.29, 0.717) is 0 Å². The fourth-order valence-electron chi connectivity index (χ4n) is 0.843. The summed E-state index contributed by atoms with van der Waals surface area (Å²) < 4.78 is 13.3. The van der Waals surface area contributed by atoms with E-state index in [-0.39, 0.29) is 22.9 Å². The predicted molar refractivity (Wildman–Crippen MR) is 55.5 cm³/mol. The maximum atomic E-state index is 13.3. The molecule has 0 heterocycles. The highest BCUT2D eigenvalue weighted by Crippen LogP contribution is 2.24. The van der Waals surface area contributed by atoms with Gasteiger partial charge in [0, 0.05) is 0 Å². The number of rotatable bonds is 3. The minimum absolute atomic E-state index is 0.0283. The molecule has 0 aromatic heterocycles. The minimum Gasteiger partial charge on any atom is -0.507 e. The average molecular weight is 228 g/mol. The van der Waals surface area contributed by atoms with E-state index < -0.39 is 5.82 Å². The van der Waals surface area contributed by atoms with Crippen LogP contribution < -0.4 is 0 Å². The van der Waals surface area contributed by atoms with Gasteiger partial charge in [-0.25, -0.2) is 4.39 Å². The van der Waals surface area contributed by atoms with Crippen molar-refractivity contribution in [2.45, 2.75) is 0 Å². The predicted octanol–water partition coefficient (Wildman–Crippen LogP) is 2.17. The van der Waals surface area contributed by atoms with E-state index in [1.54, 1.807) is 0 Å². The number of phenolic OH excluding ortho intramolecular Hbond substituents is 1. The Kier molecular flexibility index (Phi) is 3.95. The van der Waals surface area contributed by atoms with Crippen molar-refractivity contribution in [2.75, 3.05) is 6.61 Å². The number of nitrogens with zero attached hydrogens (tertiary/aromatic N) is 1. The Labute approximate surface area is 91.1 Å². The van der Waals surface area contributed by atoms with Crippen LogP contribution in [0.25, 0.3) is 0 Å². The second kappa shape index (κ2) is 5.23. The number of aromatic hydroxyl groups is 1. The van der Waals surface area contributed by atoms with Crippen molar-refractivity contribution in [1.29, 1.82) is 0 Å². The summed E-state index contributed by atoms with van der Waals surface area (Å²) in [5.74, 6) is 1.14. The maximum Gasteiger partial charge on any atom is 0.177 e. The van der Waals surface area contributed by atoms with Crippen LogP contribution in [0, 0.1) is 18.2 Å². The molecule has 3 nitrogen and oxygen atoms in total. The van der Waals surface area contributed by atoms with Crippen LogP contribution in [0.2, 0.25) is 5.02 Å². The van der Waals surface area contributed by atoms with E-state index in [1.807, 2.05) is 0 Å². The van der Waals surface area contributed by atoms with Gasteiger partial charge in [-0.1, -0.05) is 22.7 Å². The summed E-state index contributed by atoms with van der Waals surface area (Å²) in [6.45, 7) is -0.0283. The first-order chi connectivity index (χ1) is 7.16. The topological polar surface area (TPSA) is 41.8 Å². The van der Waals surface area contributed by atoms with Crippen molar-refractivity contribution in [3.8, 4) is 18.1 Å². The van der Waals surface area contributed by atoms with E-state index in [9.17, 15) is 9.50 Å². The summed E-state index contributed by atoms with van der Waals surface area (Å²) in [5.41, 5.74) is -0.139. The van der Waals surface area contributed by atoms with Gasteiger partial charge in [0.05, 0.1) is 16.8 Å². The lowest BCUT2D eigenvalue weighted by molar-refractivity contribution is 0.181. The molecule has 78 valence electrons. The lowest BCUT2D eigenvalue weighted by Crippen LogP contribution is -1.92. The average Bonchev–Trinajstić information content (AvgIpc) is 2.23. The highest BCUT2D eigenvalue weighted by atomic mass is 35.5. The van der Waals surface area contributed by atoms with E-state index in [2.05, 4.69) is 15.9 Å². The molecule has 1 aromatic carbocycles. The Bertz CT molecular complexity index is 426. The fraction of sp³-hybridized carbons (Fsp3) is 0.100. The zero-order valence-electron chi connectivity index (χ0n) is 7.58. The molecule has 0 spiro atoms. The number of hydrogen-bond acceptors (Lipinski definition) is 3. The second-order valence-electron chi connectivity index (χ2n) is 2.51. The molecule has 0 saturated heterocycles. The summed E-state index contributed by atoms with van der Waals surface area (Å²) in [6.07, 6.45) is 5.91. The quantitative estimate of drug-likeness (QED) is 0.372. The van der Waals surface area contributed by atoms with Gasteiger partial charge in [-0.15, -0.1) is 6.42 Å². The molecule has 1 rings (SSSR count). The molecule has 0 atom stereocenters. The number of hydrogen-bond donors (Lipinski definition) is 1. The van der Waals surface area contributed by atoms with E-state index in [1.165, 1.54) is 12.1 Å². The van der Waals surface area contributed by atoms with Gasteiger partial charge in [0.25, 0.3) is 0 Å². The van der Waals surface area contributed by atoms with Gasteiger partial charge in [-0.3, -0.25) is 0 Å². The van der Waals surface area contributed by atoms with Gasteiger partial charge >= 0.3 is 0 Å². The van der Waals surface area contributed by atoms with Crippen LogP contribution in [0.15, 0.2) is 17.3 Å². The zero-order chi connectivity index (χ0) is 11.3. The molecule has 0 fully saturated rings. The molecule has 0 saturated carbocycles. The summed E-state index contributed by atoms with van der Waals surface area (Å²) in [6, 6.07) is 2.50. The minimum atomic E-state index is -0.760. The highest BCUT2D eigenvalue weighted by Gasteiger charge is 2.09. The van der Waals surface area contributed by atoms with Crippen LogP contribution in [0.5, 0.6) is 5.75 Å². The molecule has 1 N–H and O–H groups in total. The zero-order valence-corrected chi connectivity index (χ0v) is 8.33. The Hall–Kier alpha value is -1.73. The molecule has 5 heteroatoms. The van der Waals surface area contributed by atoms with Gasteiger partial charge in [-0.05, 0) is 12.1 Å². The molecule has 0 aliphatic heterocycles. The molecular formula is C10H7ClFNO2. The van der Waals surface area contributed by atoms with Crippen LogP contribution in [0.1, 0.15) is 5.56 Å². The first kappa shape index (κ1) is 11.3. The third-order valence-electron chi connectivity index (χ3n) is 1.51. The Morgan fingerprint density at radius 1 is 1.67 bits per heavy atom. The summed E-state index contributed by atoms with van der Waals surface area (Å²) >= 11 is 5.50. The SMILES string of the molecule is C#CCON=Cc1c(O)ccc(Cl)c1F. The van der Waals surface area contributed by atoms with Crippen LogP contribution in [-0.4, -0.2) is 17.9 Å². The van der Waals surface area contributed by atoms with Crippen molar-refractivity contribution >= 4 is 17.8 Å². The van der Waals surface area contributed by atoms with Crippen LogP contribution >= 0.6 is 11.6 Å². The number of terminal acetylenes is 1. The largest absolute Gasteiger partial charge is 0.507 e. The summed E-state index contributed by atoms with van der Waals surface area (Å²) in [4.78, 5) is 4.55. The smallest absolute Gasteiger partial charge is 0.177 e. The second-order valence-corrected chi connectivity index (χ2v) is 2.91. The number of oxime groups is 1. The monoisotopic (exact) mass is 227 g/mol. The highest BCUT2D eigenvalue weighted by molar-refractivity contribution is 6.31. The lowest BCUT2D eigenvalue weighted by Gasteiger charge is -2.01. The van der Waals surface area contributed by atoms with Crippen molar-refractivity contribution in [3.63, 3.8) is 0 Å². The third kappa shape index (κ3) is 2.86. The molecular weight excluding hydrogens is 221 g/mol. The molecule has 0 aliphatic rings.